The van der Waals surface area contributed by atoms with Crippen LogP contribution in [0.4, 0.5) is 21.5 Å². The largest absolute Gasteiger partial charge is 0.310 e. The molecule has 208 valence electrons. The van der Waals surface area contributed by atoms with Crippen molar-refractivity contribution in [3.8, 4) is 11.1 Å². The summed E-state index contributed by atoms with van der Waals surface area (Å²) in [5.74, 6) is -0.117. The van der Waals surface area contributed by atoms with Crippen LogP contribution in [-0.2, 0) is 10.8 Å². The first-order valence-electron chi connectivity index (χ1n) is 14.0. The monoisotopic (exact) mass is 669 g/mol. The molecule has 0 heterocycles. The molecule has 0 saturated heterocycles. The van der Waals surface area contributed by atoms with E-state index >= 15 is 4.39 Å². The highest BCUT2D eigenvalue weighted by molar-refractivity contribution is 9.10. The van der Waals surface area contributed by atoms with Crippen molar-refractivity contribution in [2.24, 2.45) is 5.41 Å². The Labute approximate surface area is 259 Å². The standard InChI is InChI=1S/C37H34Br2FN/c1-35(2)32-20-24(21-33(40)34(32)36(3,4)37(35,5)6)31-22-29(19-23-9-7-8-10-30(23)31)41(27-15-11-25(38)12-16-27)28-17-13-26(39)14-18-28/h7-22H,1-6H3. The van der Waals surface area contributed by atoms with Crippen LogP contribution in [0, 0.1) is 11.2 Å². The molecule has 1 nitrogen and oxygen atoms in total. The van der Waals surface area contributed by atoms with Gasteiger partial charge >= 0.3 is 0 Å². The summed E-state index contributed by atoms with van der Waals surface area (Å²) >= 11 is 7.17. The summed E-state index contributed by atoms with van der Waals surface area (Å²) in [5.41, 5.74) is 6.38. The number of halogens is 3. The molecule has 5 aromatic carbocycles. The van der Waals surface area contributed by atoms with Crippen LogP contribution < -0.4 is 4.90 Å². The third-order valence-corrected chi connectivity index (χ3v) is 11.2. The minimum atomic E-state index is -0.293. The van der Waals surface area contributed by atoms with Gasteiger partial charge in [0.05, 0.1) is 0 Å². The van der Waals surface area contributed by atoms with Crippen LogP contribution in [0.2, 0.25) is 0 Å². The summed E-state index contributed by atoms with van der Waals surface area (Å²) in [6.07, 6.45) is 0. The van der Waals surface area contributed by atoms with Gasteiger partial charge in [-0.15, -0.1) is 0 Å². The molecule has 41 heavy (non-hydrogen) atoms. The van der Waals surface area contributed by atoms with Crippen molar-refractivity contribution in [1.29, 1.82) is 0 Å². The van der Waals surface area contributed by atoms with Crippen molar-refractivity contribution in [2.45, 2.75) is 52.4 Å². The highest BCUT2D eigenvalue weighted by Gasteiger charge is 2.58. The molecule has 0 aliphatic heterocycles. The number of rotatable bonds is 4. The second-order valence-electron chi connectivity index (χ2n) is 12.8. The van der Waals surface area contributed by atoms with E-state index in [0.29, 0.717) is 0 Å². The fourth-order valence-corrected chi connectivity index (χ4v) is 7.14. The molecule has 0 aromatic heterocycles. The van der Waals surface area contributed by atoms with Crippen LogP contribution in [0.25, 0.3) is 21.9 Å². The van der Waals surface area contributed by atoms with Gasteiger partial charge in [0.1, 0.15) is 5.82 Å². The molecular weight excluding hydrogens is 637 g/mol. The maximum atomic E-state index is 16.3. The molecule has 1 aliphatic carbocycles. The number of benzene rings is 5. The van der Waals surface area contributed by atoms with Crippen LogP contribution in [0.3, 0.4) is 0 Å². The summed E-state index contributed by atoms with van der Waals surface area (Å²) in [6.45, 7) is 13.5. The molecule has 0 fully saturated rings. The van der Waals surface area contributed by atoms with Crippen LogP contribution in [0.5, 0.6) is 0 Å². The second-order valence-corrected chi connectivity index (χ2v) is 14.6. The van der Waals surface area contributed by atoms with E-state index in [0.717, 1.165) is 59.0 Å². The quantitative estimate of drug-likeness (QED) is 0.184. The number of hydrogen-bond acceptors (Lipinski definition) is 1. The SMILES string of the molecule is CC1(C)c2cc(-c3cc(N(c4ccc(Br)cc4)c4ccc(Br)cc4)cc4ccccc34)cc(F)c2C(C)(C)C1(C)C. The first kappa shape index (κ1) is 28.2. The lowest BCUT2D eigenvalue weighted by Crippen LogP contribution is -2.42. The minimum Gasteiger partial charge on any atom is -0.310 e. The van der Waals surface area contributed by atoms with E-state index in [9.17, 15) is 0 Å². The number of anilines is 3. The summed E-state index contributed by atoms with van der Waals surface area (Å²) in [6, 6.07) is 33.6. The summed E-state index contributed by atoms with van der Waals surface area (Å²) in [7, 11) is 0. The van der Waals surface area contributed by atoms with Crippen molar-refractivity contribution < 1.29 is 4.39 Å². The Morgan fingerprint density at radius 1 is 0.610 bits per heavy atom. The third kappa shape index (κ3) is 4.37. The maximum Gasteiger partial charge on any atom is 0.127 e. The highest BCUT2D eigenvalue weighted by atomic mass is 79.9. The lowest BCUT2D eigenvalue weighted by Gasteiger charge is -2.44. The average Bonchev–Trinajstić information content (AvgIpc) is 3.04. The second kappa shape index (κ2) is 9.81. The first-order chi connectivity index (χ1) is 19.3. The molecular formula is C37H34Br2FN. The fraction of sp³-hybridized carbons (Fsp3) is 0.243. The van der Waals surface area contributed by atoms with E-state index in [1.54, 1.807) is 6.07 Å². The molecule has 0 atom stereocenters. The van der Waals surface area contributed by atoms with Crippen LogP contribution in [0.1, 0.15) is 52.7 Å². The Hall–Kier alpha value is -2.95. The topological polar surface area (TPSA) is 3.24 Å². The summed E-state index contributed by atoms with van der Waals surface area (Å²) in [5, 5.41) is 2.22. The van der Waals surface area contributed by atoms with Gasteiger partial charge in [0.25, 0.3) is 0 Å². The van der Waals surface area contributed by atoms with Gasteiger partial charge in [-0.2, -0.15) is 0 Å². The molecule has 0 amide bonds. The predicted octanol–water partition coefficient (Wildman–Crippen LogP) is 12.2. The normalized spacial score (nSPS) is 16.5. The molecule has 0 radical (unpaired) electrons. The van der Waals surface area contributed by atoms with Gasteiger partial charge in [-0.1, -0.05) is 104 Å². The zero-order chi connectivity index (χ0) is 29.3. The van der Waals surface area contributed by atoms with Crippen LogP contribution in [-0.4, -0.2) is 0 Å². The fourth-order valence-electron chi connectivity index (χ4n) is 6.61. The molecule has 6 rings (SSSR count). The summed E-state index contributed by atoms with van der Waals surface area (Å²) in [4.78, 5) is 2.26. The van der Waals surface area contributed by atoms with E-state index in [2.05, 4.69) is 169 Å². The van der Waals surface area contributed by atoms with Crippen molar-refractivity contribution in [1.82, 2.24) is 0 Å². The molecule has 0 spiro atoms. The zero-order valence-electron chi connectivity index (χ0n) is 24.3. The van der Waals surface area contributed by atoms with Gasteiger partial charge in [-0.3, -0.25) is 0 Å². The van der Waals surface area contributed by atoms with E-state index in [-0.39, 0.29) is 22.1 Å². The Balaban J connectivity index is 1.62. The van der Waals surface area contributed by atoms with Gasteiger partial charge in [-0.05, 0) is 116 Å². The summed E-state index contributed by atoms with van der Waals surface area (Å²) < 4.78 is 18.3. The molecule has 0 bridgehead atoms. The van der Waals surface area contributed by atoms with Gasteiger partial charge in [0.15, 0.2) is 0 Å². The van der Waals surface area contributed by atoms with Gasteiger partial charge < -0.3 is 4.90 Å². The number of fused-ring (bicyclic) bond motifs is 2. The third-order valence-electron chi connectivity index (χ3n) is 10.1. The van der Waals surface area contributed by atoms with Gasteiger partial charge in [0.2, 0.25) is 0 Å². The van der Waals surface area contributed by atoms with E-state index in [1.807, 2.05) is 0 Å². The van der Waals surface area contributed by atoms with Gasteiger partial charge in [0, 0.05) is 26.0 Å². The Morgan fingerprint density at radius 3 is 1.76 bits per heavy atom. The van der Waals surface area contributed by atoms with Crippen molar-refractivity contribution in [3.05, 3.63) is 123 Å². The molecule has 1 aliphatic rings. The van der Waals surface area contributed by atoms with Crippen molar-refractivity contribution in [3.63, 3.8) is 0 Å². The Morgan fingerprint density at radius 2 is 1.17 bits per heavy atom. The van der Waals surface area contributed by atoms with Gasteiger partial charge in [-0.25, -0.2) is 4.39 Å². The average molecular weight is 671 g/mol. The minimum absolute atomic E-state index is 0.117. The molecule has 0 unspecified atom stereocenters. The lowest BCUT2D eigenvalue weighted by atomic mass is 9.59. The van der Waals surface area contributed by atoms with Crippen molar-refractivity contribution in [2.75, 3.05) is 4.90 Å². The number of nitrogens with zero attached hydrogens (tertiary/aromatic N) is 1. The number of hydrogen-bond donors (Lipinski definition) is 0. The van der Waals surface area contributed by atoms with E-state index < -0.39 is 0 Å². The van der Waals surface area contributed by atoms with E-state index in [1.165, 1.54) is 0 Å². The van der Waals surface area contributed by atoms with Crippen LogP contribution in [0.15, 0.2) is 106 Å². The smallest absolute Gasteiger partial charge is 0.127 e. The Kier molecular flexibility index (Phi) is 6.75. The first-order valence-corrected chi connectivity index (χ1v) is 15.6. The zero-order valence-corrected chi connectivity index (χ0v) is 27.5. The molecule has 5 aromatic rings. The van der Waals surface area contributed by atoms with Crippen LogP contribution >= 0.6 is 31.9 Å². The maximum absolute atomic E-state index is 16.3. The predicted molar refractivity (Wildman–Crippen MR) is 179 cm³/mol. The molecule has 0 saturated carbocycles. The Bertz CT molecular complexity index is 1740. The van der Waals surface area contributed by atoms with Crippen molar-refractivity contribution >= 4 is 59.7 Å². The van der Waals surface area contributed by atoms with E-state index in [4.69, 9.17) is 0 Å². The highest BCUT2D eigenvalue weighted by Crippen LogP contribution is 2.62. The lowest BCUT2D eigenvalue weighted by molar-refractivity contribution is 0.123. The molecule has 0 N–H and O–H groups in total. The molecule has 4 heteroatoms.